The molecule has 0 radical (unpaired) electrons. The van der Waals surface area contributed by atoms with Crippen LogP contribution in [0.3, 0.4) is 0 Å². The Kier molecular flexibility index (Phi) is 2.73. The molecule has 0 N–H and O–H groups in total. The van der Waals surface area contributed by atoms with Crippen molar-refractivity contribution in [3.63, 3.8) is 0 Å². The van der Waals surface area contributed by atoms with E-state index in [0.717, 1.165) is 15.8 Å². The molecule has 0 aliphatic heterocycles. The summed E-state index contributed by atoms with van der Waals surface area (Å²) in [5.74, 6) is 1.83. The fourth-order valence-electron chi connectivity index (χ4n) is 1.24. The summed E-state index contributed by atoms with van der Waals surface area (Å²) in [4.78, 5) is 4.15. The molecule has 15 heavy (non-hydrogen) atoms. The van der Waals surface area contributed by atoms with Gasteiger partial charge in [-0.3, -0.25) is 0 Å². The molecule has 1 aromatic carbocycles. The monoisotopic (exact) mass is 268 g/mol. The lowest BCUT2D eigenvalue weighted by atomic mass is 10.2. The predicted octanol–water partition coefficient (Wildman–Crippen LogP) is 2.82. The predicted molar refractivity (Wildman–Crippen MR) is 58.7 cm³/mol. The van der Waals surface area contributed by atoms with Crippen LogP contribution in [0.4, 0.5) is 0 Å². The van der Waals surface area contributed by atoms with E-state index in [0.29, 0.717) is 11.7 Å². The molecule has 2 aromatic rings. The molecule has 0 atom stereocenters. The molecule has 78 valence electrons. The maximum absolute atomic E-state index is 5.18. The van der Waals surface area contributed by atoms with Crippen molar-refractivity contribution >= 4 is 15.9 Å². The number of hydrogen-bond acceptors (Lipinski definition) is 4. The van der Waals surface area contributed by atoms with Crippen LogP contribution >= 0.6 is 15.9 Å². The van der Waals surface area contributed by atoms with E-state index in [4.69, 9.17) is 9.26 Å². The quantitative estimate of drug-likeness (QED) is 0.841. The summed E-state index contributed by atoms with van der Waals surface area (Å²) in [6.07, 6.45) is 0. The van der Waals surface area contributed by atoms with E-state index in [-0.39, 0.29) is 0 Å². The Bertz CT molecular complexity index is 482. The zero-order valence-corrected chi connectivity index (χ0v) is 9.91. The lowest BCUT2D eigenvalue weighted by Crippen LogP contribution is -1.87. The van der Waals surface area contributed by atoms with Gasteiger partial charge in [-0.05, 0) is 35.0 Å². The van der Waals surface area contributed by atoms with Crippen molar-refractivity contribution in [1.82, 2.24) is 10.1 Å². The fraction of sp³-hybridized carbons (Fsp3) is 0.200. The van der Waals surface area contributed by atoms with E-state index in [9.17, 15) is 0 Å². The highest BCUT2D eigenvalue weighted by Gasteiger charge is 2.13. The van der Waals surface area contributed by atoms with Gasteiger partial charge in [0.2, 0.25) is 0 Å². The van der Waals surface area contributed by atoms with Crippen LogP contribution in [0.1, 0.15) is 5.82 Å². The van der Waals surface area contributed by atoms with Gasteiger partial charge in [0.15, 0.2) is 5.82 Å². The highest BCUT2D eigenvalue weighted by molar-refractivity contribution is 9.10. The van der Waals surface area contributed by atoms with E-state index in [1.54, 1.807) is 14.0 Å². The van der Waals surface area contributed by atoms with Crippen LogP contribution in [0.2, 0.25) is 0 Å². The maximum atomic E-state index is 5.18. The largest absolute Gasteiger partial charge is 0.496 e. The average molecular weight is 269 g/mol. The van der Waals surface area contributed by atoms with Crippen molar-refractivity contribution in [3.8, 4) is 17.2 Å². The van der Waals surface area contributed by atoms with Crippen molar-refractivity contribution in [1.29, 1.82) is 0 Å². The molecule has 1 aromatic heterocycles. The average Bonchev–Trinajstić information content (AvgIpc) is 2.65. The lowest BCUT2D eigenvalue weighted by Gasteiger charge is -2.04. The van der Waals surface area contributed by atoms with Crippen molar-refractivity contribution in [3.05, 3.63) is 28.5 Å². The van der Waals surface area contributed by atoms with Crippen molar-refractivity contribution in [2.24, 2.45) is 0 Å². The summed E-state index contributed by atoms with van der Waals surface area (Å²) < 4.78 is 11.1. The van der Waals surface area contributed by atoms with Crippen LogP contribution in [0.15, 0.2) is 27.2 Å². The summed E-state index contributed by atoms with van der Waals surface area (Å²) in [5.41, 5.74) is 0.829. The van der Waals surface area contributed by atoms with Gasteiger partial charge in [-0.25, -0.2) is 0 Å². The number of nitrogens with zero attached hydrogens (tertiary/aromatic N) is 2. The molecule has 0 aliphatic rings. The highest BCUT2D eigenvalue weighted by Crippen LogP contribution is 2.34. The number of methoxy groups -OCH3 is 1. The molecule has 0 spiro atoms. The summed E-state index contributed by atoms with van der Waals surface area (Å²) in [6, 6.07) is 5.62. The first-order valence-electron chi connectivity index (χ1n) is 4.35. The third-order valence-electron chi connectivity index (χ3n) is 1.94. The first-order chi connectivity index (χ1) is 7.22. The molecule has 4 nitrogen and oxygen atoms in total. The number of benzene rings is 1. The fourth-order valence-corrected chi connectivity index (χ4v) is 1.84. The summed E-state index contributed by atoms with van der Waals surface area (Å²) in [7, 11) is 1.61. The number of rotatable bonds is 2. The van der Waals surface area contributed by atoms with Crippen LogP contribution in [0.5, 0.6) is 5.75 Å². The Morgan fingerprint density at radius 2 is 2.20 bits per heavy atom. The molecular weight excluding hydrogens is 260 g/mol. The van der Waals surface area contributed by atoms with Gasteiger partial charge in [-0.2, -0.15) is 4.98 Å². The minimum Gasteiger partial charge on any atom is -0.496 e. The molecular formula is C10H9BrN2O2. The Balaban J connectivity index is 2.53. The van der Waals surface area contributed by atoms with E-state index in [1.165, 1.54) is 0 Å². The molecule has 1 heterocycles. The third kappa shape index (κ3) is 1.87. The highest BCUT2D eigenvalue weighted by atomic mass is 79.9. The van der Waals surface area contributed by atoms with E-state index >= 15 is 0 Å². The van der Waals surface area contributed by atoms with Gasteiger partial charge < -0.3 is 9.26 Å². The summed E-state index contributed by atoms with van der Waals surface area (Å²) in [5, 5.41) is 3.74. The maximum Gasteiger partial charge on any atom is 0.259 e. The first-order valence-corrected chi connectivity index (χ1v) is 5.15. The van der Waals surface area contributed by atoms with Crippen LogP contribution in [0.25, 0.3) is 11.5 Å². The normalized spacial score (nSPS) is 10.3. The van der Waals surface area contributed by atoms with Crippen molar-refractivity contribution in [2.45, 2.75) is 6.92 Å². The Hall–Kier alpha value is -1.36. The second-order valence-corrected chi connectivity index (χ2v) is 3.76. The smallest absolute Gasteiger partial charge is 0.259 e. The number of aromatic nitrogens is 2. The summed E-state index contributed by atoms with van der Waals surface area (Å²) >= 11 is 3.43. The van der Waals surface area contributed by atoms with Crippen LogP contribution in [0, 0.1) is 6.92 Å². The number of hydrogen-bond donors (Lipinski definition) is 0. The molecule has 0 amide bonds. The molecule has 0 saturated carbocycles. The first kappa shape index (κ1) is 10.2. The Morgan fingerprint density at radius 3 is 2.80 bits per heavy atom. The summed E-state index contributed by atoms with van der Waals surface area (Å²) in [6.45, 7) is 1.78. The molecule has 5 heteroatoms. The van der Waals surface area contributed by atoms with Gasteiger partial charge in [0.1, 0.15) is 5.75 Å². The zero-order valence-electron chi connectivity index (χ0n) is 8.32. The third-order valence-corrected chi connectivity index (χ3v) is 2.76. The zero-order chi connectivity index (χ0) is 10.8. The second kappa shape index (κ2) is 4.02. The van der Waals surface area contributed by atoms with Crippen LogP contribution in [-0.4, -0.2) is 17.3 Å². The van der Waals surface area contributed by atoms with E-state index in [2.05, 4.69) is 26.1 Å². The number of ether oxygens (including phenoxy) is 1. The number of halogens is 1. The van der Waals surface area contributed by atoms with Crippen LogP contribution < -0.4 is 4.74 Å². The minimum absolute atomic E-state index is 0.485. The molecule has 0 saturated heterocycles. The molecule has 2 rings (SSSR count). The molecule has 0 fully saturated rings. The van der Waals surface area contributed by atoms with E-state index < -0.39 is 0 Å². The van der Waals surface area contributed by atoms with Gasteiger partial charge in [0, 0.05) is 0 Å². The van der Waals surface area contributed by atoms with E-state index in [1.807, 2.05) is 18.2 Å². The Morgan fingerprint density at radius 1 is 1.40 bits per heavy atom. The van der Waals surface area contributed by atoms with Gasteiger partial charge in [0.25, 0.3) is 5.89 Å². The van der Waals surface area contributed by atoms with Crippen molar-refractivity contribution in [2.75, 3.05) is 7.11 Å². The van der Waals surface area contributed by atoms with Gasteiger partial charge >= 0.3 is 0 Å². The van der Waals surface area contributed by atoms with Crippen LogP contribution in [-0.2, 0) is 0 Å². The standard InChI is InChI=1S/C10H9BrN2O2/c1-6-12-10(15-13-6)7-4-3-5-8(14-2)9(7)11/h3-5H,1-2H3. The second-order valence-electron chi connectivity index (χ2n) is 2.97. The Labute approximate surface area is 95.4 Å². The lowest BCUT2D eigenvalue weighted by molar-refractivity contribution is 0.410. The van der Waals surface area contributed by atoms with Gasteiger partial charge in [0.05, 0.1) is 17.1 Å². The SMILES string of the molecule is COc1cccc(-c2nc(C)no2)c1Br. The van der Waals surface area contributed by atoms with Gasteiger partial charge in [-0.1, -0.05) is 11.2 Å². The molecule has 0 unspecified atom stereocenters. The molecule has 0 bridgehead atoms. The molecule has 0 aliphatic carbocycles. The number of aryl methyl sites for hydroxylation is 1. The van der Waals surface area contributed by atoms with Gasteiger partial charge in [-0.15, -0.1) is 0 Å². The van der Waals surface area contributed by atoms with Crippen molar-refractivity contribution < 1.29 is 9.26 Å². The minimum atomic E-state index is 0.485. The topological polar surface area (TPSA) is 48.2 Å².